The van der Waals surface area contributed by atoms with Crippen LogP contribution < -0.4 is 0 Å². The van der Waals surface area contributed by atoms with Gasteiger partial charge in [0.2, 0.25) is 0 Å². The average Bonchev–Trinajstić information content (AvgIpc) is 2.15. The van der Waals surface area contributed by atoms with Crippen LogP contribution in [0.5, 0.6) is 0 Å². The maximum absolute atomic E-state index is 5.16. The van der Waals surface area contributed by atoms with E-state index >= 15 is 0 Å². The molecule has 0 amide bonds. The van der Waals surface area contributed by atoms with Crippen molar-refractivity contribution >= 4 is 0 Å². The molecule has 0 spiro atoms. The molecule has 0 aliphatic heterocycles. The van der Waals surface area contributed by atoms with E-state index < -0.39 is 0 Å². The molecule has 0 saturated heterocycles. The molecular weight excluding hydrogens is 188 g/mol. The third kappa shape index (κ3) is 9.13. The molecule has 0 heterocycles. The van der Waals surface area contributed by atoms with Crippen molar-refractivity contribution in [3.63, 3.8) is 0 Å². The lowest BCUT2D eigenvalue weighted by molar-refractivity contribution is 0.147. The lowest BCUT2D eigenvalue weighted by Gasteiger charge is -2.15. The lowest BCUT2D eigenvalue weighted by atomic mass is 9.94. The maximum Gasteiger partial charge on any atom is 0.0968 e. The smallest absolute Gasteiger partial charge is 0.0968 e. The van der Waals surface area contributed by atoms with Gasteiger partial charge >= 0.3 is 0 Å². The first-order valence-electron chi connectivity index (χ1n) is 5.14. The van der Waals surface area contributed by atoms with Gasteiger partial charge in [0.15, 0.2) is 0 Å². The van der Waals surface area contributed by atoms with Gasteiger partial charge in [0.25, 0.3) is 0 Å². The van der Waals surface area contributed by atoms with Crippen LogP contribution in [-0.4, -0.2) is 13.2 Å². The third-order valence-electron chi connectivity index (χ3n) is 1.72. The second-order valence-electron chi connectivity index (χ2n) is 4.49. The van der Waals surface area contributed by atoms with Crippen molar-refractivity contribution in [2.75, 3.05) is 13.2 Å². The van der Waals surface area contributed by atoms with Crippen molar-refractivity contribution in [1.82, 2.24) is 0 Å². The minimum atomic E-state index is 0.181. The summed E-state index contributed by atoms with van der Waals surface area (Å²) in [6.07, 6.45) is 7.18. The molecule has 0 bridgehead atoms. The average molecular weight is 210 g/mol. The van der Waals surface area contributed by atoms with E-state index in [4.69, 9.17) is 9.47 Å². The monoisotopic (exact) mass is 210 g/mol. The molecule has 0 aliphatic carbocycles. The molecule has 0 aliphatic rings. The van der Waals surface area contributed by atoms with Crippen molar-refractivity contribution in [3.8, 4) is 0 Å². The van der Waals surface area contributed by atoms with Gasteiger partial charge in [-0.3, -0.25) is 0 Å². The second kappa shape index (κ2) is 7.16. The van der Waals surface area contributed by atoms with E-state index in [9.17, 15) is 0 Å². The minimum absolute atomic E-state index is 0.181. The van der Waals surface area contributed by atoms with Gasteiger partial charge in [-0.2, -0.15) is 0 Å². The fourth-order valence-corrected chi connectivity index (χ4v) is 0.967. The predicted molar refractivity (Wildman–Crippen MR) is 64.4 cm³/mol. The summed E-state index contributed by atoms with van der Waals surface area (Å²) in [7, 11) is 0. The zero-order chi connectivity index (χ0) is 11.7. The molecule has 0 fully saturated rings. The minimum Gasteiger partial charge on any atom is -0.501 e. The summed E-state index contributed by atoms with van der Waals surface area (Å²) < 4.78 is 10.3. The van der Waals surface area contributed by atoms with Crippen LogP contribution in [0.15, 0.2) is 37.8 Å². The quantitative estimate of drug-likeness (QED) is 0.473. The fraction of sp³-hybridized carbons (Fsp3) is 0.538. The number of rotatable bonds is 7. The Labute approximate surface area is 93.3 Å². The van der Waals surface area contributed by atoms with E-state index in [-0.39, 0.29) is 11.3 Å². The molecule has 0 radical (unpaired) electrons. The first-order valence-corrected chi connectivity index (χ1v) is 5.14. The van der Waals surface area contributed by atoms with Gasteiger partial charge in [0.05, 0.1) is 25.7 Å². The summed E-state index contributed by atoms with van der Waals surface area (Å²) in [5, 5.41) is 0. The topological polar surface area (TPSA) is 18.5 Å². The van der Waals surface area contributed by atoms with Crippen LogP contribution in [0.1, 0.15) is 20.8 Å². The van der Waals surface area contributed by atoms with Crippen molar-refractivity contribution in [2.45, 2.75) is 20.8 Å². The van der Waals surface area contributed by atoms with E-state index in [1.807, 2.05) is 0 Å². The molecule has 86 valence electrons. The van der Waals surface area contributed by atoms with E-state index in [1.165, 1.54) is 12.5 Å². The Morgan fingerprint density at radius 2 is 1.53 bits per heavy atom. The van der Waals surface area contributed by atoms with E-state index in [0.717, 1.165) is 0 Å². The summed E-state index contributed by atoms with van der Waals surface area (Å²) in [6, 6.07) is 0. The van der Waals surface area contributed by atoms with Crippen LogP contribution in [0.3, 0.4) is 0 Å². The Morgan fingerprint density at radius 1 is 1.07 bits per heavy atom. The molecule has 15 heavy (non-hydrogen) atoms. The Bertz CT molecular complexity index is 199. The zero-order valence-corrected chi connectivity index (χ0v) is 10.0. The van der Waals surface area contributed by atoms with E-state index in [0.29, 0.717) is 13.2 Å². The van der Waals surface area contributed by atoms with Gasteiger partial charge in [-0.05, 0) is 5.41 Å². The molecule has 2 heteroatoms. The second-order valence-corrected chi connectivity index (χ2v) is 4.49. The van der Waals surface area contributed by atoms with Gasteiger partial charge in [0.1, 0.15) is 0 Å². The molecule has 0 N–H and O–H groups in total. The van der Waals surface area contributed by atoms with Crippen LogP contribution in [0.25, 0.3) is 0 Å². The Hall–Kier alpha value is -1.18. The Balaban J connectivity index is 4.15. The van der Waals surface area contributed by atoms with Crippen molar-refractivity contribution in [2.24, 2.45) is 11.3 Å². The molecule has 0 atom stereocenters. The van der Waals surface area contributed by atoms with Crippen molar-refractivity contribution < 1.29 is 9.47 Å². The fourth-order valence-electron chi connectivity index (χ4n) is 0.967. The normalized spacial score (nSPS) is 11.7. The summed E-state index contributed by atoms with van der Waals surface area (Å²) in [4.78, 5) is 0. The Morgan fingerprint density at radius 3 is 1.87 bits per heavy atom. The largest absolute Gasteiger partial charge is 0.501 e. The van der Waals surface area contributed by atoms with Gasteiger partial charge in [-0.1, -0.05) is 46.1 Å². The highest BCUT2D eigenvalue weighted by Gasteiger charge is 2.09. The zero-order valence-electron chi connectivity index (χ0n) is 10.0. The molecular formula is C13H22O2. The van der Waals surface area contributed by atoms with Crippen LogP contribution in [0.4, 0.5) is 0 Å². The lowest BCUT2D eigenvalue weighted by Crippen LogP contribution is -2.12. The van der Waals surface area contributed by atoms with Crippen molar-refractivity contribution in [1.29, 1.82) is 0 Å². The highest BCUT2D eigenvalue weighted by molar-refractivity contribution is 4.96. The number of ether oxygens (including phenoxy) is 2. The highest BCUT2D eigenvalue weighted by Crippen LogP contribution is 2.16. The summed E-state index contributed by atoms with van der Waals surface area (Å²) in [6.45, 7) is 14.7. The summed E-state index contributed by atoms with van der Waals surface area (Å²) >= 11 is 0. The van der Waals surface area contributed by atoms with Gasteiger partial charge < -0.3 is 9.47 Å². The number of allylic oxidation sites excluding steroid dienone is 1. The molecule has 0 unspecified atom stereocenters. The highest BCUT2D eigenvalue weighted by atomic mass is 16.5. The molecule has 2 nitrogen and oxygen atoms in total. The number of hydrogen-bond acceptors (Lipinski definition) is 2. The SMILES string of the molecule is C=COCC(C=CC(C)(C)C)COC=C. The van der Waals surface area contributed by atoms with E-state index in [1.54, 1.807) is 0 Å². The molecule has 0 aromatic heterocycles. The first kappa shape index (κ1) is 13.8. The van der Waals surface area contributed by atoms with Gasteiger partial charge in [0, 0.05) is 5.92 Å². The first-order chi connectivity index (χ1) is 6.99. The van der Waals surface area contributed by atoms with Crippen LogP contribution in [0, 0.1) is 11.3 Å². The predicted octanol–water partition coefficient (Wildman–Crippen LogP) is 3.53. The number of hydrogen-bond donors (Lipinski definition) is 0. The summed E-state index contributed by atoms with van der Waals surface area (Å²) in [5.74, 6) is 0.236. The maximum atomic E-state index is 5.16. The van der Waals surface area contributed by atoms with Gasteiger partial charge in [-0.25, -0.2) is 0 Å². The molecule has 0 aromatic rings. The van der Waals surface area contributed by atoms with Crippen LogP contribution in [0.2, 0.25) is 0 Å². The third-order valence-corrected chi connectivity index (χ3v) is 1.72. The molecule has 0 saturated carbocycles. The van der Waals surface area contributed by atoms with Crippen molar-refractivity contribution in [3.05, 3.63) is 37.8 Å². The van der Waals surface area contributed by atoms with Crippen LogP contribution in [-0.2, 0) is 9.47 Å². The van der Waals surface area contributed by atoms with Crippen LogP contribution >= 0.6 is 0 Å². The Kier molecular flexibility index (Phi) is 6.59. The van der Waals surface area contributed by atoms with E-state index in [2.05, 4.69) is 46.1 Å². The summed E-state index contributed by atoms with van der Waals surface area (Å²) in [5.41, 5.74) is 0.181. The van der Waals surface area contributed by atoms with Gasteiger partial charge in [-0.15, -0.1) is 0 Å². The standard InChI is InChI=1S/C13H22O2/c1-6-14-10-12(11-15-7-2)8-9-13(3,4)5/h6-9,12H,1-2,10-11H2,3-5H3. The molecule has 0 rings (SSSR count). The molecule has 0 aromatic carbocycles.